The Bertz CT molecular complexity index is 583. The number of aryl methyl sites for hydroxylation is 1. The summed E-state index contributed by atoms with van der Waals surface area (Å²) in [6, 6.07) is 6.87. The van der Waals surface area contributed by atoms with Crippen LogP contribution < -0.4 is 5.32 Å². The lowest BCUT2D eigenvalue weighted by Crippen LogP contribution is -2.21. The number of fused-ring (bicyclic) bond motifs is 1. The van der Waals surface area contributed by atoms with Crippen LogP contribution in [0.4, 0.5) is 0 Å². The lowest BCUT2D eigenvalue weighted by molar-refractivity contribution is 0.560. The van der Waals surface area contributed by atoms with E-state index in [0.29, 0.717) is 6.04 Å². The molecule has 1 saturated heterocycles. The molecule has 1 atom stereocenters. The van der Waals surface area contributed by atoms with Crippen molar-refractivity contribution in [1.29, 1.82) is 0 Å². The first kappa shape index (κ1) is 11.4. The summed E-state index contributed by atoms with van der Waals surface area (Å²) in [5.41, 5.74) is 3.53. The Balaban J connectivity index is 1.80. The molecule has 0 radical (unpaired) electrons. The normalized spacial score (nSPS) is 19.2. The number of hydrogen-bond acceptors (Lipinski definition) is 1. The van der Waals surface area contributed by atoms with Crippen molar-refractivity contribution in [2.75, 3.05) is 6.54 Å². The smallest absolute Gasteiger partial charge is 0.0457 e. The van der Waals surface area contributed by atoms with Gasteiger partial charge in [-0.3, -0.25) is 0 Å². The summed E-state index contributed by atoms with van der Waals surface area (Å²) in [5.74, 6) is 2.71. The Morgan fingerprint density at radius 2 is 2.33 bits per heavy atom. The van der Waals surface area contributed by atoms with Gasteiger partial charge in [-0.05, 0) is 56.0 Å². The Morgan fingerprint density at radius 3 is 3.11 bits per heavy atom. The summed E-state index contributed by atoms with van der Waals surface area (Å²) in [6.07, 6.45) is 12.6. The Morgan fingerprint density at radius 1 is 1.39 bits per heavy atom. The minimum absolute atomic E-state index is 0.700. The van der Waals surface area contributed by atoms with Crippen LogP contribution in [0.3, 0.4) is 0 Å². The van der Waals surface area contributed by atoms with Gasteiger partial charge in [0, 0.05) is 28.7 Å². The van der Waals surface area contributed by atoms with Crippen LogP contribution in [0.1, 0.15) is 30.4 Å². The molecule has 0 bridgehead atoms. The van der Waals surface area contributed by atoms with E-state index >= 15 is 0 Å². The highest BCUT2D eigenvalue weighted by atomic mass is 14.9. The molecule has 1 aromatic heterocycles. The minimum Gasteiger partial charge on any atom is -0.361 e. The number of hydrogen-bond donors (Lipinski definition) is 2. The summed E-state index contributed by atoms with van der Waals surface area (Å²) < 4.78 is 0. The lowest BCUT2D eigenvalue weighted by Gasteiger charge is -2.08. The van der Waals surface area contributed by atoms with Gasteiger partial charge in [-0.2, -0.15) is 0 Å². The van der Waals surface area contributed by atoms with E-state index in [1.54, 1.807) is 0 Å². The second-order valence-electron chi connectivity index (χ2n) is 5.05. The van der Waals surface area contributed by atoms with Crippen molar-refractivity contribution in [3.05, 3.63) is 35.5 Å². The van der Waals surface area contributed by atoms with Crippen LogP contribution in [0, 0.1) is 12.3 Å². The predicted molar refractivity (Wildman–Crippen MR) is 75.6 cm³/mol. The molecule has 3 rings (SSSR count). The van der Waals surface area contributed by atoms with Crippen molar-refractivity contribution in [3.8, 4) is 12.3 Å². The molecule has 0 aliphatic carbocycles. The van der Waals surface area contributed by atoms with E-state index in [4.69, 9.17) is 6.42 Å². The zero-order valence-electron chi connectivity index (χ0n) is 10.5. The number of rotatable bonds is 3. The lowest BCUT2D eigenvalue weighted by atomic mass is 10.0. The first-order valence-electron chi connectivity index (χ1n) is 6.67. The highest BCUT2D eigenvalue weighted by Crippen LogP contribution is 2.22. The zero-order chi connectivity index (χ0) is 12.4. The molecular formula is C16H18N2. The molecule has 92 valence electrons. The fraction of sp³-hybridized carbons (Fsp3) is 0.375. The van der Waals surface area contributed by atoms with Crippen LogP contribution in [-0.2, 0) is 6.42 Å². The van der Waals surface area contributed by atoms with Gasteiger partial charge < -0.3 is 10.3 Å². The average molecular weight is 238 g/mol. The van der Waals surface area contributed by atoms with E-state index < -0.39 is 0 Å². The summed E-state index contributed by atoms with van der Waals surface area (Å²) in [6.45, 7) is 1.18. The van der Waals surface area contributed by atoms with Gasteiger partial charge in [-0.15, -0.1) is 6.42 Å². The molecule has 0 saturated carbocycles. The molecular weight excluding hydrogens is 220 g/mol. The maximum Gasteiger partial charge on any atom is 0.0457 e. The average Bonchev–Trinajstić information content (AvgIpc) is 3.05. The molecule has 2 nitrogen and oxygen atoms in total. The van der Waals surface area contributed by atoms with Gasteiger partial charge >= 0.3 is 0 Å². The summed E-state index contributed by atoms with van der Waals surface area (Å²) >= 11 is 0. The SMILES string of the molecule is C#Cc1ccc2[nH]cc(CCC3CCCN3)c2c1. The van der Waals surface area contributed by atoms with E-state index in [2.05, 4.69) is 34.6 Å². The van der Waals surface area contributed by atoms with Crippen LogP contribution in [0.5, 0.6) is 0 Å². The number of nitrogens with one attached hydrogen (secondary N) is 2. The second kappa shape index (κ2) is 4.88. The molecule has 1 fully saturated rings. The number of aromatic amines is 1. The molecule has 1 aliphatic rings. The first-order valence-corrected chi connectivity index (χ1v) is 6.67. The summed E-state index contributed by atoms with van der Waals surface area (Å²) in [4.78, 5) is 3.33. The molecule has 1 unspecified atom stereocenters. The Labute approximate surface area is 108 Å². The molecule has 2 aromatic rings. The molecule has 2 N–H and O–H groups in total. The maximum absolute atomic E-state index is 5.46. The summed E-state index contributed by atoms with van der Waals surface area (Å²) in [5, 5.41) is 4.83. The quantitative estimate of drug-likeness (QED) is 0.791. The highest BCUT2D eigenvalue weighted by Gasteiger charge is 2.14. The van der Waals surface area contributed by atoms with Crippen LogP contribution in [-0.4, -0.2) is 17.6 Å². The van der Waals surface area contributed by atoms with Crippen LogP contribution in [0.25, 0.3) is 10.9 Å². The van der Waals surface area contributed by atoms with Crippen molar-refractivity contribution in [3.63, 3.8) is 0 Å². The van der Waals surface area contributed by atoms with Crippen molar-refractivity contribution in [2.45, 2.75) is 31.7 Å². The van der Waals surface area contributed by atoms with Crippen molar-refractivity contribution in [1.82, 2.24) is 10.3 Å². The molecule has 1 aromatic carbocycles. The third kappa shape index (κ3) is 2.14. The van der Waals surface area contributed by atoms with Crippen molar-refractivity contribution >= 4 is 10.9 Å². The van der Waals surface area contributed by atoms with Gasteiger partial charge in [0.2, 0.25) is 0 Å². The summed E-state index contributed by atoms with van der Waals surface area (Å²) in [7, 11) is 0. The van der Waals surface area contributed by atoms with E-state index in [1.165, 1.54) is 42.3 Å². The molecule has 2 heterocycles. The van der Waals surface area contributed by atoms with Gasteiger partial charge in [0.1, 0.15) is 0 Å². The van der Waals surface area contributed by atoms with Crippen molar-refractivity contribution < 1.29 is 0 Å². The topological polar surface area (TPSA) is 27.8 Å². The van der Waals surface area contributed by atoms with Gasteiger partial charge in [0.15, 0.2) is 0 Å². The largest absolute Gasteiger partial charge is 0.361 e. The highest BCUT2D eigenvalue weighted by molar-refractivity contribution is 5.84. The molecule has 18 heavy (non-hydrogen) atoms. The number of benzene rings is 1. The van der Waals surface area contributed by atoms with E-state index in [9.17, 15) is 0 Å². The standard InChI is InChI=1S/C16H18N2/c1-2-12-5-8-16-15(10-12)13(11-18-16)6-7-14-4-3-9-17-14/h1,5,8,10-11,14,17-18H,3-4,6-7,9H2. The Kier molecular flexibility index (Phi) is 3.08. The third-order valence-corrected chi connectivity index (χ3v) is 3.86. The number of aromatic nitrogens is 1. The van der Waals surface area contributed by atoms with Crippen LogP contribution in [0.15, 0.2) is 24.4 Å². The first-order chi connectivity index (χ1) is 8.86. The van der Waals surface area contributed by atoms with Crippen molar-refractivity contribution in [2.24, 2.45) is 0 Å². The molecule has 0 amide bonds. The van der Waals surface area contributed by atoms with E-state index in [1.807, 2.05) is 6.07 Å². The van der Waals surface area contributed by atoms with Gasteiger partial charge in [-0.1, -0.05) is 5.92 Å². The zero-order valence-corrected chi connectivity index (χ0v) is 10.5. The van der Waals surface area contributed by atoms with Gasteiger partial charge in [0.05, 0.1) is 0 Å². The van der Waals surface area contributed by atoms with Crippen LogP contribution in [0.2, 0.25) is 0 Å². The van der Waals surface area contributed by atoms with Gasteiger partial charge in [-0.25, -0.2) is 0 Å². The van der Waals surface area contributed by atoms with E-state index in [0.717, 1.165) is 12.0 Å². The van der Waals surface area contributed by atoms with E-state index in [-0.39, 0.29) is 0 Å². The molecule has 1 aliphatic heterocycles. The molecule has 0 spiro atoms. The fourth-order valence-electron chi connectivity index (χ4n) is 2.81. The Hall–Kier alpha value is -1.72. The second-order valence-corrected chi connectivity index (χ2v) is 5.05. The van der Waals surface area contributed by atoms with Crippen LogP contribution >= 0.6 is 0 Å². The number of terminal acetylenes is 1. The minimum atomic E-state index is 0.700. The monoisotopic (exact) mass is 238 g/mol. The fourth-order valence-corrected chi connectivity index (χ4v) is 2.81. The van der Waals surface area contributed by atoms with Gasteiger partial charge in [0.25, 0.3) is 0 Å². The number of H-pyrrole nitrogens is 1. The maximum atomic E-state index is 5.46. The third-order valence-electron chi connectivity index (χ3n) is 3.86. The predicted octanol–water partition coefficient (Wildman–Crippen LogP) is 2.83. The molecule has 2 heteroatoms.